The molecule has 3 heterocycles. The van der Waals surface area contributed by atoms with Crippen LogP contribution in [0.4, 0.5) is 0 Å². The number of ether oxygens (including phenoxy) is 8. The fraction of sp³-hybridized carbons (Fsp3) is 0.341. The molecule has 4 aromatic carbocycles. The van der Waals surface area contributed by atoms with Crippen LogP contribution in [-0.2, 0) is 42.7 Å². The standard InChI is InChI=1S/C41H40O12S/c1-24-32(50-37(44)26-15-7-3-8-16-26)34(51-38(45)27-17-9-4-10-18-27)31(43)40(47-24)53-35-33-30(23-46-39(52-33)28-19-11-5-12-20-28)49-41(36(35)48-25(2)42)54-29-21-13-6-14-22-29/h3-22,24,30-36,39-41,43H,23H2,1-2H3/t24-,30+,31+,32-,33+,34-,35-,36+,39+,40-,41-/m0/s1. The number of carbonyl (C=O) groups excluding carboxylic acids is 3. The maximum Gasteiger partial charge on any atom is 0.338 e. The summed E-state index contributed by atoms with van der Waals surface area (Å²) in [4.78, 5) is 40.3. The van der Waals surface area contributed by atoms with Crippen molar-refractivity contribution < 1.29 is 57.4 Å². The first kappa shape index (κ1) is 37.7. The number of hydrogen-bond acceptors (Lipinski definition) is 13. The van der Waals surface area contributed by atoms with E-state index in [1.54, 1.807) is 67.6 Å². The molecule has 1 N–H and O–H groups in total. The second-order valence-electron chi connectivity index (χ2n) is 13.0. The highest BCUT2D eigenvalue weighted by Gasteiger charge is 2.56. The molecule has 11 atom stereocenters. The molecule has 3 saturated heterocycles. The van der Waals surface area contributed by atoms with Crippen molar-refractivity contribution in [2.24, 2.45) is 0 Å². The smallest absolute Gasteiger partial charge is 0.338 e. The Morgan fingerprint density at radius 1 is 0.667 bits per heavy atom. The molecule has 0 amide bonds. The molecule has 282 valence electrons. The summed E-state index contributed by atoms with van der Waals surface area (Å²) in [5.41, 5.74) is 0.431. The van der Waals surface area contributed by atoms with Crippen LogP contribution >= 0.6 is 11.8 Å². The lowest BCUT2D eigenvalue weighted by molar-refractivity contribution is -0.363. The van der Waals surface area contributed by atoms with Gasteiger partial charge in [0, 0.05) is 17.4 Å². The molecule has 0 unspecified atom stereocenters. The predicted octanol–water partition coefficient (Wildman–Crippen LogP) is 5.49. The third kappa shape index (κ3) is 8.68. The van der Waals surface area contributed by atoms with Crippen molar-refractivity contribution >= 4 is 29.7 Å². The topological polar surface area (TPSA) is 145 Å². The van der Waals surface area contributed by atoms with Crippen LogP contribution in [0.3, 0.4) is 0 Å². The third-order valence-corrected chi connectivity index (χ3v) is 10.4. The molecular weight excluding hydrogens is 717 g/mol. The maximum atomic E-state index is 13.4. The van der Waals surface area contributed by atoms with Crippen molar-refractivity contribution in [3.63, 3.8) is 0 Å². The van der Waals surface area contributed by atoms with E-state index in [0.717, 1.165) is 10.5 Å². The normalized spacial score (nSPS) is 30.7. The Kier molecular flexibility index (Phi) is 12.0. The molecule has 0 aliphatic carbocycles. The van der Waals surface area contributed by atoms with Crippen LogP contribution < -0.4 is 0 Å². The summed E-state index contributed by atoms with van der Waals surface area (Å²) in [6.07, 6.45) is -11.4. The first-order chi connectivity index (χ1) is 26.2. The van der Waals surface area contributed by atoms with E-state index in [2.05, 4.69) is 0 Å². The van der Waals surface area contributed by atoms with Gasteiger partial charge in [0.25, 0.3) is 0 Å². The minimum absolute atomic E-state index is 0.113. The largest absolute Gasteiger partial charge is 0.456 e. The van der Waals surface area contributed by atoms with Crippen LogP contribution in [0.2, 0.25) is 0 Å². The zero-order chi connectivity index (χ0) is 37.6. The second-order valence-corrected chi connectivity index (χ2v) is 14.2. The van der Waals surface area contributed by atoms with E-state index in [1.807, 2.05) is 60.7 Å². The summed E-state index contributed by atoms with van der Waals surface area (Å²) in [6, 6.07) is 35.3. The second kappa shape index (κ2) is 17.2. The van der Waals surface area contributed by atoms with Crippen LogP contribution in [0.15, 0.2) is 126 Å². The Hall–Kier alpha value is -4.60. The molecule has 4 aromatic rings. The maximum absolute atomic E-state index is 13.4. The number of esters is 3. The fourth-order valence-corrected chi connectivity index (χ4v) is 7.74. The van der Waals surface area contributed by atoms with E-state index in [0.29, 0.717) is 0 Å². The van der Waals surface area contributed by atoms with E-state index in [4.69, 9.17) is 37.9 Å². The molecule has 0 saturated carbocycles. The van der Waals surface area contributed by atoms with Gasteiger partial charge in [-0.25, -0.2) is 9.59 Å². The fourth-order valence-electron chi connectivity index (χ4n) is 6.61. The van der Waals surface area contributed by atoms with Crippen molar-refractivity contribution in [2.75, 3.05) is 6.61 Å². The molecule has 3 aliphatic heterocycles. The average Bonchev–Trinajstić information content (AvgIpc) is 3.20. The van der Waals surface area contributed by atoms with Gasteiger partial charge in [-0.2, -0.15) is 0 Å². The number of rotatable bonds is 10. The Morgan fingerprint density at radius 2 is 1.22 bits per heavy atom. The van der Waals surface area contributed by atoms with Gasteiger partial charge in [0.15, 0.2) is 30.9 Å². The van der Waals surface area contributed by atoms with Crippen LogP contribution in [0, 0.1) is 0 Å². The van der Waals surface area contributed by atoms with Gasteiger partial charge >= 0.3 is 17.9 Å². The molecule has 3 aliphatic rings. The summed E-state index contributed by atoms with van der Waals surface area (Å²) < 4.78 is 49.7. The number of benzene rings is 4. The van der Waals surface area contributed by atoms with E-state index in [1.165, 1.54) is 18.7 Å². The monoisotopic (exact) mass is 756 g/mol. The highest BCUT2D eigenvalue weighted by molar-refractivity contribution is 7.99. The van der Waals surface area contributed by atoms with Gasteiger partial charge in [0.1, 0.15) is 29.9 Å². The molecule has 7 rings (SSSR count). The minimum atomic E-state index is -1.69. The minimum Gasteiger partial charge on any atom is -0.456 e. The molecular formula is C41H40O12S. The van der Waals surface area contributed by atoms with Gasteiger partial charge in [-0.3, -0.25) is 4.79 Å². The lowest BCUT2D eigenvalue weighted by Gasteiger charge is -2.50. The molecule has 12 nitrogen and oxygen atoms in total. The first-order valence-electron chi connectivity index (χ1n) is 17.6. The molecule has 0 aromatic heterocycles. The summed E-state index contributed by atoms with van der Waals surface area (Å²) in [6.45, 7) is 3.02. The summed E-state index contributed by atoms with van der Waals surface area (Å²) >= 11 is 1.33. The highest BCUT2D eigenvalue weighted by Crippen LogP contribution is 2.42. The number of thioether (sulfide) groups is 1. The van der Waals surface area contributed by atoms with Crippen LogP contribution in [0.5, 0.6) is 0 Å². The predicted molar refractivity (Wildman–Crippen MR) is 193 cm³/mol. The van der Waals surface area contributed by atoms with E-state index in [9.17, 15) is 19.5 Å². The summed E-state index contributed by atoms with van der Waals surface area (Å²) in [7, 11) is 0. The number of hydrogen-bond donors (Lipinski definition) is 1. The number of aliphatic hydroxyl groups is 1. The van der Waals surface area contributed by atoms with Crippen molar-refractivity contribution in [2.45, 2.75) is 85.6 Å². The zero-order valence-electron chi connectivity index (χ0n) is 29.5. The molecule has 0 radical (unpaired) electrons. The number of fused-ring (bicyclic) bond motifs is 1. The van der Waals surface area contributed by atoms with Gasteiger partial charge < -0.3 is 43.0 Å². The summed E-state index contributed by atoms with van der Waals surface area (Å²) in [5, 5.41) is 12.0. The Morgan fingerprint density at radius 3 is 1.81 bits per heavy atom. The lowest BCUT2D eigenvalue weighted by Crippen LogP contribution is -2.66. The SMILES string of the molecule is CC(=O)O[C@@H]1[C@@H](O[C@@H]2O[C@@H](C)[C@H](OC(=O)c3ccccc3)[C@@H](OC(=O)c3ccccc3)[C@H]2O)[C@@H]2O[C@H](c3ccccc3)OC[C@H]2O[C@H]1Sc1ccccc1. The van der Waals surface area contributed by atoms with E-state index < -0.39 is 84.8 Å². The Bertz CT molecular complexity index is 1850. The molecule has 0 spiro atoms. The van der Waals surface area contributed by atoms with Gasteiger partial charge in [-0.05, 0) is 43.3 Å². The molecule has 3 fully saturated rings. The van der Waals surface area contributed by atoms with Crippen LogP contribution in [0.25, 0.3) is 0 Å². The van der Waals surface area contributed by atoms with Crippen LogP contribution in [0.1, 0.15) is 46.4 Å². The quantitative estimate of drug-likeness (QED) is 0.161. The molecule has 54 heavy (non-hydrogen) atoms. The lowest BCUT2D eigenvalue weighted by atomic mass is 9.96. The molecule has 0 bridgehead atoms. The van der Waals surface area contributed by atoms with Crippen molar-refractivity contribution in [1.82, 2.24) is 0 Å². The Balaban J connectivity index is 1.21. The van der Waals surface area contributed by atoms with E-state index in [-0.39, 0.29) is 17.7 Å². The average molecular weight is 757 g/mol. The Labute approximate surface area is 316 Å². The van der Waals surface area contributed by atoms with Gasteiger partial charge in [0.05, 0.1) is 23.8 Å². The third-order valence-electron chi connectivity index (χ3n) is 9.20. The number of carbonyl (C=O) groups is 3. The summed E-state index contributed by atoms with van der Waals surface area (Å²) in [5.74, 6) is -2.05. The highest BCUT2D eigenvalue weighted by atomic mass is 32.2. The van der Waals surface area contributed by atoms with Gasteiger partial charge in [0.2, 0.25) is 0 Å². The van der Waals surface area contributed by atoms with Crippen molar-refractivity contribution in [3.8, 4) is 0 Å². The van der Waals surface area contributed by atoms with Crippen LogP contribution in [-0.4, -0.2) is 90.2 Å². The van der Waals surface area contributed by atoms with Crippen molar-refractivity contribution in [1.29, 1.82) is 0 Å². The van der Waals surface area contributed by atoms with Crippen molar-refractivity contribution in [3.05, 3.63) is 138 Å². The number of aliphatic hydroxyl groups excluding tert-OH is 1. The first-order valence-corrected chi connectivity index (χ1v) is 18.5. The van der Waals surface area contributed by atoms with Gasteiger partial charge in [-0.1, -0.05) is 96.7 Å². The molecule has 13 heteroatoms. The van der Waals surface area contributed by atoms with Gasteiger partial charge in [-0.15, -0.1) is 0 Å². The van der Waals surface area contributed by atoms with E-state index >= 15 is 0 Å². The zero-order valence-corrected chi connectivity index (χ0v) is 30.3.